The Balaban J connectivity index is 1.91. The Hall–Kier alpha value is -0.500. The van der Waals surface area contributed by atoms with Crippen molar-refractivity contribution in [1.82, 2.24) is 0 Å². The van der Waals surface area contributed by atoms with Gasteiger partial charge in [-0.3, -0.25) is 0 Å². The topological polar surface area (TPSA) is 3.24 Å². The lowest BCUT2D eigenvalue weighted by Crippen LogP contribution is -2.30. The largest absolute Gasteiger partial charge is 0.371 e. The molecular weight excluding hydrogens is 262 g/mol. The van der Waals surface area contributed by atoms with E-state index < -0.39 is 0 Å². The minimum absolute atomic E-state index is 0.842. The van der Waals surface area contributed by atoms with Gasteiger partial charge in [-0.2, -0.15) is 0 Å². The molecule has 0 N–H and O–H groups in total. The Morgan fingerprint density at radius 1 is 1.06 bits per heavy atom. The molecule has 86 valence electrons. The fourth-order valence-electron chi connectivity index (χ4n) is 2.67. The lowest BCUT2D eigenvalue weighted by Gasteiger charge is -2.30. The van der Waals surface area contributed by atoms with Gasteiger partial charge in [-0.25, -0.2) is 0 Å². The average molecular weight is 280 g/mol. The van der Waals surface area contributed by atoms with Gasteiger partial charge in [0.2, 0.25) is 0 Å². The molecule has 16 heavy (non-hydrogen) atoms. The molecule has 0 bridgehead atoms. The molecule has 1 saturated heterocycles. The van der Waals surface area contributed by atoms with Gasteiger partial charge in [0.05, 0.1) is 0 Å². The Morgan fingerprint density at radius 2 is 1.81 bits per heavy atom. The van der Waals surface area contributed by atoms with E-state index in [1.165, 1.54) is 55.4 Å². The highest BCUT2D eigenvalue weighted by molar-refractivity contribution is 9.10. The van der Waals surface area contributed by atoms with Gasteiger partial charge >= 0.3 is 0 Å². The normalized spacial score (nSPS) is 21.2. The molecule has 0 atom stereocenters. The lowest BCUT2D eigenvalue weighted by atomic mass is 10.0. The van der Waals surface area contributed by atoms with E-state index in [0.29, 0.717) is 0 Å². The zero-order valence-electron chi connectivity index (χ0n) is 9.58. The smallest absolute Gasteiger partial charge is 0.0402 e. The van der Waals surface area contributed by atoms with Gasteiger partial charge in [0.25, 0.3) is 0 Å². The van der Waals surface area contributed by atoms with Crippen LogP contribution in [-0.2, 0) is 0 Å². The monoisotopic (exact) mass is 279 g/mol. The maximum Gasteiger partial charge on any atom is 0.0402 e. The minimum atomic E-state index is 0.842. The van der Waals surface area contributed by atoms with Crippen LogP contribution in [0.15, 0.2) is 22.7 Å². The van der Waals surface area contributed by atoms with Crippen LogP contribution >= 0.6 is 15.9 Å². The number of anilines is 1. The molecule has 1 aromatic rings. The van der Waals surface area contributed by atoms with Crippen molar-refractivity contribution in [2.45, 2.75) is 38.0 Å². The summed E-state index contributed by atoms with van der Waals surface area (Å²) >= 11 is 3.60. The first-order valence-corrected chi connectivity index (χ1v) is 7.18. The summed E-state index contributed by atoms with van der Waals surface area (Å²) in [6.45, 7) is 2.50. The van der Waals surface area contributed by atoms with Gasteiger partial charge in [-0.05, 0) is 61.8 Å². The zero-order chi connectivity index (χ0) is 11.0. The molecule has 1 aromatic carbocycles. The van der Waals surface area contributed by atoms with Crippen molar-refractivity contribution in [3.63, 3.8) is 0 Å². The Morgan fingerprint density at radius 3 is 2.50 bits per heavy atom. The first kappa shape index (κ1) is 10.6. The highest BCUT2D eigenvalue weighted by Gasteiger charge is 2.28. The van der Waals surface area contributed by atoms with Gasteiger partial charge < -0.3 is 4.90 Å². The van der Waals surface area contributed by atoms with Gasteiger partial charge in [-0.15, -0.1) is 0 Å². The first-order chi connectivity index (χ1) is 7.84. The van der Waals surface area contributed by atoms with Crippen molar-refractivity contribution in [2.75, 3.05) is 18.0 Å². The van der Waals surface area contributed by atoms with E-state index in [2.05, 4.69) is 39.0 Å². The van der Waals surface area contributed by atoms with E-state index in [-0.39, 0.29) is 0 Å². The van der Waals surface area contributed by atoms with Crippen LogP contribution in [0.1, 0.15) is 43.6 Å². The molecule has 2 aliphatic rings. The van der Waals surface area contributed by atoms with Gasteiger partial charge in [-0.1, -0.05) is 15.9 Å². The van der Waals surface area contributed by atoms with Crippen molar-refractivity contribution >= 4 is 21.6 Å². The van der Waals surface area contributed by atoms with E-state index in [0.717, 1.165) is 5.92 Å². The molecule has 2 fully saturated rings. The second-order valence-corrected chi connectivity index (χ2v) is 5.94. The summed E-state index contributed by atoms with van der Waals surface area (Å²) in [5.41, 5.74) is 3.08. The number of hydrogen-bond acceptors (Lipinski definition) is 1. The van der Waals surface area contributed by atoms with E-state index in [9.17, 15) is 0 Å². The predicted octanol–water partition coefficient (Wildman–Crippen LogP) is 4.32. The molecule has 1 aliphatic heterocycles. The summed E-state index contributed by atoms with van der Waals surface area (Å²) in [4.78, 5) is 2.59. The standard InChI is InChI=1S/C14H18BrN/c15-12-6-7-14(13(10-12)11-4-5-11)16-8-2-1-3-9-16/h6-7,10-11H,1-5,8-9H2. The van der Waals surface area contributed by atoms with Crippen LogP contribution in [0.25, 0.3) is 0 Å². The van der Waals surface area contributed by atoms with Crippen LogP contribution in [0, 0.1) is 0 Å². The molecule has 1 saturated carbocycles. The lowest BCUT2D eigenvalue weighted by molar-refractivity contribution is 0.576. The fourth-order valence-corrected chi connectivity index (χ4v) is 3.05. The Labute approximate surface area is 106 Å². The molecule has 0 unspecified atom stereocenters. The molecule has 1 nitrogen and oxygen atoms in total. The fraction of sp³-hybridized carbons (Fsp3) is 0.571. The number of halogens is 1. The number of piperidine rings is 1. The summed E-state index contributed by atoms with van der Waals surface area (Å²) in [6, 6.07) is 6.83. The maximum atomic E-state index is 3.60. The van der Waals surface area contributed by atoms with Crippen molar-refractivity contribution < 1.29 is 0 Å². The molecule has 1 heterocycles. The summed E-state index contributed by atoms with van der Waals surface area (Å²) in [7, 11) is 0. The quantitative estimate of drug-likeness (QED) is 0.780. The summed E-state index contributed by atoms with van der Waals surface area (Å²) in [5.74, 6) is 0.842. The molecule has 0 amide bonds. The molecule has 2 heteroatoms. The van der Waals surface area contributed by atoms with Gasteiger partial charge in [0.15, 0.2) is 0 Å². The van der Waals surface area contributed by atoms with Crippen LogP contribution in [-0.4, -0.2) is 13.1 Å². The Kier molecular flexibility index (Phi) is 2.93. The van der Waals surface area contributed by atoms with E-state index >= 15 is 0 Å². The maximum absolute atomic E-state index is 3.60. The van der Waals surface area contributed by atoms with Crippen LogP contribution in [0.3, 0.4) is 0 Å². The zero-order valence-corrected chi connectivity index (χ0v) is 11.2. The predicted molar refractivity (Wildman–Crippen MR) is 72.2 cm³/mol. The minimum Gasteiger partial charge on any atom is -0.371 e. The second-order valence-electron chi connectivity index (χ2n) is 5.03. The summed E-state index contributed by atoms with van der Waals surface area (Å²) in [6.07, 6.45) is 6.90. The third-order valence-corrected chi connectivity index (χ3v) is 4.20. The molecular formula is C14H18BrN. The molecule has 0 aromatic heterocycles. The molecule has 1 aliphatic carbocycles. The average Bonchev–Trinajstić information content (AvgIpc) is 3.14. The van der Waals surface area contributed by atoms with Crippen molar-refractivity contribution in [3.05, 3.63) is 28.2 Å². The SMILES string of the molecule is Brc1ccc(N2CCCCC2)c(C2CC2)c1. The van der Waals surface area contributed by atoms with Crippen molar-refractivity contribution in [2.24, 2.45) is 0 Å². The van der Waals surface area contributed by atoms with Crippen LogP contribution in [0.2, 0.25) is 0 Å². The van der Waals surface area contributed by atoms with Crippen molar-refractivity contribution in [1.29, 1.82) is 0 Å². The van der Waals surface area contributed by atoms with Crippen LogP contribution in [0.5, 0.6) is 0 Å². The number of hydrogen-bond donors (Lipinski definition) is 0. The van der Waals surface area contributed by atoms with Gasteiger partial charge in [0, 0.05) is 23.2 Å². The van der Waals surface area contributed by atoms with E-state index in [1.807, 2.05) is 0 Å². The van der Waals surface area contributed by atoms with Crippen LogP contribution < -0.4 is 4.90 Å². The highest BCUT2D eigenvalue weighted by atomic mass is 79.9. The third-order valence-electron chi connectivity index (χ3n) is 3.70. The molecule has 0 radical (unpaired) electrons. The van der Waals surface area contributed by atoms with Crippen LogP contribution in [0.4, 0.5) is 5.69 Å². The molecule has 0 spiro atoms. The summed E-state index contributed by atoms with van der Waals surface area (Å²) in [5, 5.41) is 0. The third kappa shape index (κ3) is 2.13. The summed E-state index contributed by atoms with van der Waals surface area (Å²) < 4.78 is 1.23. The number of benzene rings is 1. The number of rotatable bonds is 2. The van der Waals surface area contributed by atoms with Crippen molar-refractivity contribution in [3.8, 4) is 0 Å². The second kappa shape index (κ2) is 4.40. The highest BCUT2D eigenvalue weighted by Crippen LogP contribution is 2.45. The van der Waals surface area contributed by atoms with E-state index in [1.54, 1.807) is 5.56 Å². The first-order valence-electron chi connectivity index (χ1n) is 6.39. The molecule has 3 rings (SSSR count). The van der Waals surface area contributed by atoms with Gasteiger partial charge in [0.1, 0.15) is 0 Å². The number of nitrogens with zero attached hydrogens (tertiary/aromatic N) is 1. The Bertz CT molecular complexity index is 378. The van der Waals surface area contributed by atoms with E-state index in [4.69, 9.17) is 0 Å².